The number of piperidine rings is 1. The summed E-state index contributed by atoms with van der Waals surface area (Å²) in [6.07, 6.45) is 2.53. The van der Waals surface area contributed by atoms with Gasteiger partial charge in [-0.25, -0.2) is 9.78 Å². The first-order chi connectivity index (χ1) is 12.0. The summed E-state index contributed by atoms with van der Waals surface area (Å²) in [4.78, 5) is 23.6. The number of aliphatic imine (C=N–C) groups is 1. The van der Waals surface area contributed by atoms with Crippen LogP contribution in [-0.2, 0) is 11.2 Å². The highest BCUT2D eigenvalue weighted by atomic mass is 127. The molecule has 1 aliphatic heterocycles. The smallest absolute Gasteiger partial charge is 0.409 e. The lowest BCUT2D eigenvalue weighted by atomic mass is 10.1. The normalized spacial score (nSPS) is 15.4. The van der Waals surface area contributed by atoms with Crippen LogP contribution < -0.4 is 10.6 Å². The Morgan fingerprint density at radius 2 is 2.08 bits per heavy atom. The van der Waals surface area contributed by atoms with Crippen LogP contribution in [0.5, 0.6) is 0 Å². The van der Waals surface area contributed by atoms with Gasteiger partial charge in [0, 0.05) is 44.0 Å². The fraction of sp³-hybridized carbons (Fsp3) is 0.706. The highest BCUT2D eigenvalue weighted by Crippen LogP contribution is 2.17. The molecule has 1 aliphatic rings. The van der Waals surface area contributed by atoms with Crippen molar-refractivity contribution >= 4 is 47.4 Å². The number of nitrogens with one attached hydrogen (secondary N) is 2. The number of thiazole rings is 1. The Kier molecular flexibility index (Phi) is 10.2. The van der Waals surface area contributed by atoms with E-state index in [9.17, 15) is 4.79 Å². The molecule has 0 spiro atoms. The maximum absolute atomic E-state index is 11.7. The largest absolute Gasteiger partial charge is 0.450 e. The zero-order valence-corrected chi connectivity index (χ0v) is 19.1. The number of halogens is 1. The van der Waals surface area contributed by atoms with Crippen molar-refractivity contribution in [2.45, 2.75) is 46.1 Å². The molecule has 0 atom stereocenters. The van der Waals surface area contributed by atoms with Crippen LogP contribution >= 0.6 is 35.3 Å². The summed E-state index contributed by atoms with van der Waals surface area (Å²) >= 11 is 1.76. The van der Waals surface area contributed by atoms with Gasteiger partial charge in [0.2, 0.25) is 0 Å². The number of ether oxygens (including phenoxy) is 1. The molecule has 26 heavy (non-hydrogen) atoms. The fourth-order valence-corrected chi connectivity index (χ4v) is 3.85. The molecule has 1 fully saturated rings. The van der Waals surface area contributed by atoms with Gasteiger partial charge in [-0.3, -0.25) is 4.99 Å². The van der Waals surface area contributed by atoms with Crippen molar-refractivity contribution in [1.29, 1.82) is 0 Å². The van der Waals surface area contributed by atoms with Gasteiger partial charge >= 0.3 is 6.09 Å². The summed E-state index contributed by atoms with van der Waals surface area (Å²) in [6, 6.07) is 0.323. The Morgan fingerprint density at radius 1 is 1.38 bits per heavy atom. The molecule has 7 nitrogen and oxygen atoms in total. The molecular formula is C17H30IN5O2S. The first kappa shape index (κ1) is 22.9. The van der Waals surface area contributed by atoms with Crippen molar-refractivity contribution in [2.75, 3.05) is 33.3 Å². The van der Waals surface area contributed by atoms with Crippen molar-refractivity contribution in [3.63, 3.8) is 0 Å². The average Bonchev–Trinajstić information content (AvgIpc) is 2.92. The Bertz CT molecular complexity index is 600. The van der Waals surface area contributed by atoms with Gasteiger partial charge in [-0.2, -0.15) is 0 Å². The molecule has 0 bridgehead atoms. The van der Waals surface area contributed by atoms with Crippen molar-refractivity contribution in [1.82, 2.24) is 20.5 Å². The van der Waals surface area contributed by atoms with Crippen LogP contribution in [0.2, 0.25) is 0 Å². The standard InChI is InChI=1S/C17H29N5O2S.HI/c1-5-24-17(23)22-10-7-14(8-11-22)21-16(18-4)19-9-6-15-12(2)20-13(3)25-15;/h14H,5-11H2,1-4H3,(H2,18,19,21);1H. The molecule has 1 saturated heterocycles. The lowest BCUT2D eigenvalue weighted by Crippen LogP contribution is -2.50. The van der Waals surface area contributed by atoms with Crippen LogP contribution in [0.3, 0.4) is 0 Å². The van der Waals surface area contributed by atoms with Gasteiger partial charge in [-0.15, -0.1) is 35.3 Å². The first-order valence-electron chi connectivity index (χ1n) is 8.85. The van der Waals surface area contributed by atoms with E-state index in [1.165, 1.54) is 4.88 Å². The molecule has 9 heteroatoms. The van der Waals surface area contributed by atoms with Crippen LogP contribution in [-0.4, -0.2) is 61.3 Å². The molecule has 0 aromatic carbocycles. The van der Waals surface area contributed by atoms with Crippen LogP contribution in [0.4, 0.5) is 4.79 Å². The van der Waals surface area contributed by atoms with Crippen LogP contribution in [0.1, 0.15) is 35.3 Å². The van der Waals surface area contributed by atoms with Gasteiger partial charge in [-0.1, -0.05) is 0 Å². The maximum Gasteiger partial charge on any atom is 0.409 e. The molecule has 1 amide bonds. The van der Waals surface area contributed by atoms with Gasteiger partial charge in [0.25, 0.3) is 0 Å². The highest BCUT2D eigenvalue weighted by molar-refractivity contribution is 14.0. The minimum atomic E-state index is -0.210. The van der Waals surface area contributed by atoms with E-state index in [-0.39, 0.29) is 30.1 Å². The Hall–Kier alpha value is -1.10. The van der Waals surface area contributed by atoms with E-state index in [1.807, 2.05) is 13.8 Å². The molecule has 148 valence electrons. The number of amides is 1. The summed E-state index contributed by atoms with van der Waals surface area (Å²) in [5.41, 5.74) is 1.12. The number of aryl methyl sites for hydroxylation is 2. The molecule has 2 rings (SSSR count). The molecule has 0 radical (unpaired) electrons. The van der Waals surface area contributed by atoms with E-state index in [2.05, 4.69) is 27.5 Å². The van der Waals surface area contributed by atoms with E-state index in [4.69, 9.17) is 4.74 Å². The molecule has 0 unspecified atom stereocenters. The van der Waals surface area contributed by atoms with Gasteiger partial charge < -0.3 is 20.3 Å². The van der Waals surface area contributed by atoms with E-state index in [0.29, 0.717) is 25.7 Å². The summed E-state index contributed by atoms with van der Waals surface area (Å²) in [7, 11) is 1.78. The lowest BCUT2D eigenvalue weighted by Gasteiger charge is -2.32. The van der Waals surface area contributed by atoms with Gasteiger partial charge in [0.15, 0.2) is 5.96 Å². The second kappa shape index (κ2) is 11.6. The SMILES string of the molecule is CCOC(=O)N1CCC(NC(=NC)NCCc2sc(C)nc2C)CC1.I. The number of hydrogen-bond acceptors (Lipinski definition) is 5. The van der Waals surface area contributed by atoms with Gasteiger partial charge in [-0.05, 0) is 33.6 Å². The first-order valence-corrected chi connectivity index (χ1v) is 9.67. The van der Waals surface area contributed by atoms with E-state index >= 15 is 0 Å². The minimum Gasteiger partial charge on any atom is -0.450 e. The number of hydrogen-bond donors (Lipinski definition) is 2. The van der Waals surface area contributed by atoms with Crippen molar-refractivity contribution in [2.24, 2.45) is 4.99 Å². The zero-order valence-electron chi connectivity index (χ0n) is 16.0. The lowest BCUT2D eigenvalue weighted by molar-refractivity contribution is 0.0963. The number of nitrogens with zero attached hydrogens (tertiary/aromatic N) is 3. The Balaban J connectivity index is 0.00000338. The van der Waals surface area contributed by atoms with Crippen molar-refractivity contribution < 1.29 is 9.53 Å². The number of likely N-dealkylation sites (tertiary alicyclic amines) is 1. The van der Waals surface area contributed by atoms with E-state index in [0.717, 1.165) is 42.5 Å². The summed E-state index contributed by atoms with van der Waals surface area (Å²) in [5.74, 6) is 0.813. The third kappa shape index (κ3) is 6.90. The summed E-state index contributed by atoms with van der Waals surface area (Å²) < 4.78 is 5.05. The maximum atomic E-state index is 11.7. The third-order valence-electron chi connectivity index (χ3n) is 4.23. The molecular weight excluding hydrogens is 465 g/mol. The number of carbonyl (C=O) groups excluding carboxylic acids is 1. The molecule has 0 aliphatic carbocycles. The highest BCUT2D eigenvalue weighted by Gasteiger charge is 2.24. The van der Waals surface area contributed by atoms with Crippen molar-refractivity contribution in [3.8, 4) is 0 Å². The average molecular weight is 495 g/mol. The summed E-state index contributed by atoms with van der Waals surface area (Å²) in [5, 5.41) is 7.93. The number of guanidine groups is 1. The number of rotatable bonds is 5. The molecule has 1 aromatic rings. The van der Waals surface area contributed by atoms with Crippen molar-refractivity contribution in [3.05, 3.63) is 15.6 Å². The molecule has 2 heterocycles. The molecule has 0 saturated carbocycles. The Morgan fingerprint density at radius 3 is 2.62 bits per heavy atom. The monoisotopic (exact) mass is 495 g/mol. The van der Waals surface area contributed by atoms with Crippen LogP contribution in [0, 0.1) is 13.8 Å². The minimum absolute atomic E-state index is 0. The van der Waals surface area contributed by atoms with Crippen LogP contribution in [0.25, 0.3) is 0 Å². The molecule has 2 N–H and O–H groups in total. The fourth-order valence-electron chi connectivity index (χ4n) is 2.91. The predicted molar refractivity (Wildman–Crippen MR) is 117 cm³/mol. The third-order valence-corrected chi connectivity index (χ3v) is 5.36. The van der Waals surface area contributed by atoms with Crippen LogP contribution in [0.15, 0.2) is 4.99 Å². The second-order valence-electron chi connectivity index (χ2n) is 6.10. The zero-order chi connectivity index (χ0) is 18.2. The quantitative estimate of drug-likeness (QED) is 0.373. The predicted octanol–water partition coefficient (Wildman–Crippen LogP) is 2.71. The van der Waals surface area contributed by atoms with E-state index < -0.39 is 0 Å². The number of aromatic nitrogens is 1. The summed E-state index contributed by atoms with van der Waals surface area (Å²) in [6.45, 7) is 8.60. The molecule has 1 aromatic heterocycles. The topological polar surface area (TPSA) is 78.8 Å². The Labute approximate surface area is 177 Å². The number of carbonyl (C=O) groups is 1. The van der Waals surface area contributed by atoms with E-state index in [1.54, 1.807) is 23.3 Å². The second-order valence-corrected chi connectivity index (χ2v) is 7.38. The van der Waals surface area contributed by atoms with Gasteiger partial charge in [0.1, 0.15) is 0 Å². The van der Waals surface area contributed by atoms with Gasteiger partial charge in [0.05, 0.1) is 17.3 Å².